The fraction of sp³-hybridized carbons (Fsp3) is 0.211. The third-order valence-electron chi connectivity index (χ3n) is 3.98. The third kappa shape index (κ3) is 2.75. The maximum atomic E-state index is 12.4. The maximum absolute atomic E-state index is 12.4. The number of fused-ring (bicyclic) bond motifs is 1. The highest BCUT2D eigenvalue weighted by atomic mass is 16.1. The number of carbonyl (C=O) groups excluding carboxylic acids is 1. The zero-order chi connectivity index (χ0) is 15.7. The summed E-state index contributed by atoms with van der Waals surface area (Å²) in [5, 5.41) is 4.09. The number of rotatable bonds is 3. The molecule has 0 aliphatic rings. The van der Waals surface area contributed by atoms with Crippen LogP contribution in [0, 0.1) is 20.8 Å². The molecular formula is C19H20N2O. The van der Waals surface area contributed by atoms with Crippen LogP contribution in [0.25, 0.3) is 10.9 Å². The highest BCUT2D eigenvalue weighted by Gasteiger charge is 2.14. The number of nitrogens with one attached hydrogen (secondary N) is 2. The number of H-pyrrole nitrogens is 1. The van der Waals surface area contributed by atoms with Crippen LogP contribution in [0.5, 0.6) is 0 Å². The quantitative estimate of drug-likeness (QED) is 0.752. The van der Waals surface area contributed by atoms with E-state index in [1.807, 2.05) is 26.0 Å². The van der Waals surface area contributed by atoms with Crippen molar-refractivity contribution in [1.82, 2.24) is 10.3 Å². The molecule has 22 heavy (non-hydrogen) atoms. The molecule has 3 heteroatoms. The van der Waals surface area contributed by atoms with E-state index >= 15 is 0 Å². The Morgan fingerprint density at radius 1 is 1.05 bits per heavy atom. The van der Waals surface area contributed by atoms with Gasteiger partial charge in [-0.05, 0) is 43.5 Å². The van der Waals surface area contributed by atoms with Crippen LogP contribution in [0.15, 0.2) is 42.5 Å². The van der Waals surface area contributed by atoms with E-state index in [1.165, 1.54) is 11.1 Å². The first-order chi connectivity index (χ1) is 10.5. The molecule has 3 aromatic rings. The minimum absolute atomic E-state index is 0.0622. The Balaban J connectivity index is 1.81. The van der Waals surface area contributed by atoms with Crippen LogP contribution in [-0.2, 0) is 6.54 Å². The first-order valence-electron chi connectivity index (χ1n) is 7.47. The third-order valence-corrected chi connectivity index (χ3v) is 3.98. The molecule has 0 spiro atoms. The van der Waals surface area contributed by atoms with Crippen molar-refractivity contribution in [3.63, 3.8) is 0 Å². The van der Waals surface area contributed by atoms with Crippen molar-refractivity contribution in [2.75, 3.05) is 0 Å². The number of amides is 1. The monoisotopic (exact) mass is 292 g/mol. The second-order valence-corrected chi connectivity index (χ2v) is 5.85. The lowest BCUT2D eigenvalue weighted by Crippen LogP contribution is -2.23. The fourth-order valence-corrected chi connectivity index (χ4v) is 2.77. The molecular weight excluding hydrogens is 272 g/mol. The summed E-state index contributed by atoms with van der Waals surface area (Å²) in [4.78, 5) is 15.7. The Labute approximate surface area is 130 Å². The smallest absolute Gasteiger partial charge is 0.268 e. The number of aromatic nitrogens is 1. The van der Waals surface area contributed by atoms with Gasteiger partial charge in [0.15, 0.2) is 0 Å². The van der Waals surface area contributed by atoms with Gasteiger partial charge in [0.25, 0.3) is 5.91 Å². The number of aryl methyl sites for hydroxylation is 3. The van der Waals surface area contributed by atoms with E-state index in [1.54, 1.807) is 0 Å². The number of hydrogen-bond donors (Lipinski definition) is 2. The van der Waals surface area contributed by atoms with Gasteiger partial charge in [-0.3, -0.25) is 4.79 Å². The lowest BCUT2D eigenvalue weighted by molar-refractivity contribution is 0.0946. The molecule has 0 radical (unpaired) electrons. The van der Waals surface area contributed by atoms with Crippen LogP contribution in [0.2, 0.25) is 0 Å². The molecule has 1 heterocycles. The normalized spacial score (nSPS) is 10.9. The van der Waals surface area contributed by atoms with Crippen LogP contribution in [0.1, 0.15) is 32.7 Å². The summed E-state index contributed by atoms with van der Waals surface area (Å²) < 4.78 is 0. The summed E-state index contributed by atoms with van der Waals surface area (Å²) in [5.41, 5.74) is 6.14. The average molecular weight is 292 g/mol. The van der Waals surface area contributed by atoms with Crippen molar-refractivity contribution in [3.05, 3.63) is 70.4 Å². The molecule has 0 bridgehead atoms. The standard InChI is InChI=1S/C19H20N2O/c1-12-5-4-6-15(9-12)11-20-19(22)18-14(3)16-8-7-13(2)10-17(16)21-18/h4-10,21H,11H2,1-3H3,(H,20,22). The van der Waals surface area contributed by atoms with Gasteiger partial charge in [-0.15, -0.1) is 0 Å². The van der Waals surface area contributed by atoms with Crippen LogP contribution < -0.4 is 5.32 Å². The van der Waals surface area contributed by atoms with Crippen LogP contribution in [-0.4, -0.2) is 10.9 Å². The summed E-state index contributed by atoms with van der Waals surface area (Å²) in [7, 11) is 0. The molecule has 0 saturated carbocycles. The molecule has 0 aliphatic carbocycles. The predicted molar refractivity (Wildman–Crippen MR) is 90.1 cm³/mol. The number of hydrogen-bond acceptors (Lipinski definition) is 1. The molecule has 112 valence electrons. The molecule has 1 amide bonds. The molecule has 3 nitrogen and oxygen atoms in total. The Hall–Kier alpha value is -2.55. The van der Waals surface area contributed by atoms with Gasteiger partial charge < -0.3 is 10.3 Å². The lowest BCUT2D eigenvalue weighted by Gasteiger charge is -2.05. The summed E-state index contributed by atoms with van der Waals surface area (Å²) >= 11 is 0. The van der Waals surface area contributed by atoms with E-state index in [4.69, 9.17) is 0 Å². The van der Waals surface area contributed by atoms with Gasteiger partial charge >= 0.3 is 0 Å². The van der Waals surface area contributed by atoms with Crippen LogP contribution in [0.3, 0.4) is 0 Å². The van der Waals surface area contributed by atoms with E-state index in [0.717, 1.165) is 22.0 Å². The van der Waals surface area contributed by atoms with Crippen molar-refractivity contribution in [2.45, 2.75) is 27.3 Å². The fourth-order valence-electron chi connectivity index (χ4n) is 2.77. The van der Waals surface area contributed by atoms with Gasteiger partial charge in [0.2, 0.25) is 0 Å². The topological polar surface area (TPSA) is 44.9 Å². The second-order valence-electron chi connectivity index (χ2n) is 5.85. The predicted octanol–water partition coefficient (Wildman–Crippen LogP) is 4.02. The highest BCUT2D eigenvalue weighted by Crippen LogP contribution is 2.22. The van der Waals surface area contributed by atoms with Crippen molar-refractivity contribution < 1.29 is 4.79 Å². The largest absolute Gasteiger partial charge is 0.350 e. The van der Waals surface area contributed by atoms with E-state index < -0.39 is 0 Å². The minimum Gasteiger partial charge on any atom is -0.350 e. The molecule has 0 atom stereocenters. The molecule has 2 N–H and O–H groups in total. The van der Waals surface area contributed by atoms with Gasteiger partial charge in [0.1, 0.15) is 5.69 Å². The van der Waals surface area contributed by atoms with E-state index in [2.05, 4.69) is 47.6 Å². The van der Waals surface area contributed by atoms with Crippen LogP contribution in [0.4, 0.5) is 0 Å². The zero-order valence-electron chi connectivity index (χ0n) is 13.2. The van der Waals surface area contributed by atoms with Gasteiger partial charge in [-0.2, -0.15) is 0 Å². The number of aromatic amines is 1. The maximum Gasteiger partial charge on any atom is 0.268 e. The molecule has 0 unspecified atom stereocenters. The second kappa shape index (κ2) is 5.68. The Morgan fingerprint density at radius 2 is 1.82 bits per heavy atom. The molecule has 0 saturated heterocycles. The Morgan fingerprint density at radius 3 is 2.59 bits per heavy atom. The molecule has 2 aromatic carbocycles. The Bertz CT molecular complexity index is 846. The summed E-state index contributed by atoms with van der Waals surface area (Å²) in [6.07, 6.45) is 0. The van der Waals surface area contributed by atoms with Gasteiger partial charge in [0, 0.05) is 17.4 Å². The SMILES string of the molecule is Cc1cccc(CNC(=O)c2[nH]c3cc(C)ccc3c2C)c1. The first kappa shape index (κ1) is 14.4. The average Bonchev–Trinajstić information content (AvgIpc) is 2.81. The zero-order valence-corrected chi connectivity index (χ0v) is 13.2. The highest BCUT2D eigenvalue weighted by molar-refractivity contribution is 6.00. The summed E-state index contributed by atoms with van der Waals surface area (Å²) in [6.45, 7) is 6.62. The molecule has 3 rings (SSSR count). The van der Waals surface area contributed by atoms with Crippen molar-refractivity contribution in [1.29, 1.82) is 0 Å². The van der Waals surface area contributed by atoms with Crippen molar-refractivity contribution in [3.8, 4) is 0 Å². The van der Waals surface area contributed by atoms with Gasteiger partial charge in [-0.1, -0.05) is 42.0 Å². The minimum atomic E-state index is -0.0622. The molecule has 0 fully saturated rings. The summed E-state index contributed by atoms with van der Waals surface area (Å²) in [6, 6.07) is 14.4. The van der Waals surface area contributed by atoms with E-state index in [9.17, 15) is 4.79 Å². The van der Waals surface area contributed by atoms with Crippen molar-refractivity contribution >= 4 is 16.8 Å². The molecule has 0 aliphatic heterocycles. The van der Waals surface area contributed by atoms with Gasteiger partial charge in [-0.25, -0.2) is 0 Å². The number of benzene rings is 2. The summed E-state index contributed by atoms with van der Waals surface area (Å²) in [5.74, 6) is -0.0622. The van der Waals surface area contributed by atoms with E-state index in [0.29, 0.717) is 12.2 Å². The van der Waals surface area contributed by atoms with E-state index in [-0.39, 0.29) is 5.91 Å². The number of carbonyl (C=O) groups is 1. The van der Waals surface area contributed by atoms with Crippen molar-refractivity contribution in [2.24, 2.45) is 0 Å². The lowest BCUT2D eigenvalue weighted by atomic mass is 10.1. The van der Waals surface area contributed by atoms with Gasteiger partial charge in [0.05, 0.1) is 0 Å². The Kier molecular flexibility index (Phi) is 3.72. The first-order valence-corrected chi connectivity index (χ1v) is 7.47. The van der Waals surface area contributed by atoms with Crippen LogP contribution >= 0.6 is 0 Å². The molecule has 1 aromatic heterocycles.